The Morgan fingerprint density at radius 3 is 2.76 bits per heavy atom. The van der Waals surface area contributed by atoms with Gasteiger partial charge >= 0.3 is 0 Å². The van der Waals surface area contributed by atoms with Gasteiger partial charge in [0.25, 0.3) is 10.2 Å². The quantitative estimate of drug-likeness (QED) is 0.838. The number of nitrogens with two attached hydrogens (primary N) is 1. The lowest BCUT2D eigenvalue weighted by molar-refractivity contribution is 0.278. The summed E-state index contributed by atoms with van der Waals surface area (Å²) in [5, 5.41) is 0. The van der Waals surface area contributed by atoms with E-state index in [1.165, 1.54) is 0 Å². The third-order valence-corrected chi connectivity index (χ3v) is 5.51. The Bertz CT molecular complexity index is 533. The van der Waals surface area contributed by atoms with Crippen molar-refractivity contribution in [3.63, 3.8) is 0 Å². The van der Waals surface area contributed by atoms with Crippen LogP contribution in [0, 0.1) is 5.92 Å². The minimum atomic E-state index is -3.37. The first-order valence-corrected chi connectivity index (χ1v) is 8.98. The molecule has 0 amide bonds. The highest BCUT2D eigenvalue weighted by molar-refractivity contribution is 7.87. The summed E-state index contributed by atoms with van der Waals surface area (Å²) < 4.78 is 28.7. The molecule has 2 unspecified atom stereocenters. The van der Waals surface area contributed by atoms with E-state index in [0.29, 0.717) is 32.0 Å². The van der Waals surface area contributed by atoms with E-state index in [4.69, 9.17) is 5.73 Å². The molecule has 6 heteroatoms. The number of nitrogens with one attached hydrogen (secondary N) is 1. The molecule has 0 aliphatic carbocycles. The fraction of sp³-hybridized carbons (Fsp3) is 0.600. The minimum absolute atomic E-state index is 0.144. The van der Waals surface area contributed by atoms with Crippen molar-refractivity contribution >= 4 is 10.2 Å². The molecule has 5 nitrogen and oxygen atoms in total. The molecular weight excluding hydrogens is 286 g/mol. The summed E-state index contributed by atoms with van der Waals surface area (Å²) in [6.07, 6.45) is 2.63. The Morgan fingerprint density at radius 2 is 2.10 bits per heavy atom. The zero-order valence-electron chi connectivity index (χ0n) is 12.5. The van der Waals surface area contributed by atoms with Gasteiger partial charge in [-0.3, -0.25) is 0 Å². The van der Waals surface area contributed by atoms with Gasteiger partial charge in [-0.05, 0) is 30.7 Å². The Morgan fingerprint density at radius 1 is 1.38 bits per heavy atom. The molecule has 3 N–H and O–H groups in total. The van der Waals surface area contributed by atoms with Crippen molar-refractivity contribution in [2.45, 2.75) is 32.2 Å². The first-order chi connectivity index (χ1) is 9.99. The lowest BCUT2D eigenvalue weighted by Gasteiger charge is -2.30. The second kappa shape index (κ2) is 7.35. The predicted octanol–water partition coefficient (Wildman–Crippen LogP) is 1.64. The average molecular weight is 311 g/mol. The number of benzene rings is 1. The van der Waals surface area contributed by atoms with Crippen LogP contribution in [0.5, 0.6) is 0 Å². The van der Waals surface area contributed by atoms with E-state index in [2.05, 4.69) is 11.6 Å². The highest BCUT2D eigenvalue weighted by atomic mass is 32.2. The molecule has 1 aromatic rings. The molecule has 0 bridgehead atoms. The van der Waals surface area contributed by atoms with E-state index in [0.717, 1.165) is 18.4 Å². The topological polar surface area (TPSA) is 75.4 Å². The van der Waals surface area contributed by atoms with Crippen LogP contribution in [0.3, 0.4) is 0 Å². The normalized spacial score (nSPS) is 22.1. The van der Waals surface area contributed by atoms with Crippen LogP contribution < -0.4 is 10.5 Å². The fourth-order valence-corrected chi connectivity index (χ4v) is 4.04. The molecule has 1 aliphatic heterocycles. The van der Waals surface area contributed by atoms with Crippen molar-refractivity contribution in [3.05, 3.63) is 35.9 Å². The van der Waals surface area contributed by atoms with Gasteiger partial charge in [0.15, 0.2) is 0 Å². The summed E-state index contributed by atoms with van der Waals surface area (Å²) in [6.45, 7) is 3.68. The van der Waals surface area contributed by atoms with Gasteiger partial charge < -0.3 is 5.73 Å². The van der Waals surface area contributed by atoms with Crippen molar-refractivity contribution in [3.8, 4) is 0 Å². The zero-order valence-corrected chi connectivity index (χ0v) is 13.3. The van der Waals surface area contributed by atoms with Crippen molar-refractivity contribution in [1.82, 2.24) is 9.03 Å². The first-order valence-electron chi connectivity index (χ1n) is 7.54. The summed E-state index contributed by atoms with van der Waals surface area (Å²) in [6, 6.07) is 9.60. The maximum Gasteiger partial charge on any atom is 0.279 e. The van der Waals surface area contributed by atoms with E-state index >= 15 is 0 Å². The first kappa shape index (κ1) is 16.4. The van der Waals surface area contributed by atoms with Crippen LogP contribution in [0.15, 0.2) is 30.3 Å². The molecule has 21 heavy (non-hydrogen) atoms. The Labute approximate surface area is 127 Å². The predicted molar refractivity (Wildman–Crippen MR) is 84.9 cm³/mol. The number of nitrogens with zero attached hydrogens (tertiary/aromatic N) is 1. The molecule has 1 heterocycles. The van der Waals surface area contributed by atoms with Gasteiger partial charge in [0, 0.05) is 25.7 Å². The summed E-state index contributed by atoms with van der Waals surface area (Å²) in [7, 11) is -3.37. The molecule has 2 atom stereocenters. The van der Waals surface area contributed by atoms with Crippen LogP contribution in [0.2, 0.25) is 0 Å². The molecule has 118 valence electrons. The van der Waals surface area contributed by atoms with Crippen LogP contribution in [0.4, 0.5) is 0 Å². The summed E-state index contributed by atoms with van der Waals surface area (Å²) in [4.78, 5) is 0. The SMILES string of the molecule is CC1CCCN(S(=O)(=O)NCCC(N)c2ccccc2)C1. The number of piperidine rings is 1. The van der Waals surface area contributed by atoms with Gasteiger partial charge in [0.05, 0.1) is 0 Å². The Balaban J connectivity index is 1.82. The summed E-state index contributed by atoms with van der Waals surface area (Å²) >= 11 is 0. The Hall–Kier alpha value is -0.950. The molecular formula is C15H25N3O2S. The second-order valence-corrected chi connectivity index (χ2v) is 7.57. The molecule has 1 aliphatic rings. The molecule has 1 saturated heterocycles. The van der Waals surface area contributed by atoms with Gasteiger partial charge in [-0.25, -0.2) is 4.72 Å². The number of hydrogen-bond donors (Lipinski definition) is 2. The number of hydrogen-bond acceptors (Lipinski definition) is 3. The standard InChI is InChI=1S/C15H25N3O2S/c1-13-6-5-11-18(12-13)21(19,20)17-10-9-15(16)14-7-3-2-4-8-14/h2-4,7-8,13,15,17H,5-6,9-12,16H2,1H3. The lowest BCUT2D eigenvalue weighted by Crippen LogP contribution is -2.46. The maximum atomic E-state index is 12.2. The zero-order chi connectivity index (χ0) is 15.3. The van der Waals surface area contributed by atoms with Crippen LogP contribution in [0.1, 0.15) is 37.8 Å². The van der Waals surface area contributed by atoms with Crippen LogP contribution in [-0.4, -0.2) is 32.4 Å². The maximum absolute atomic E-state index is 12.2. The highest BCUT2D eigenvalue weighted by Gasteiger charge is 2.26. The van der Waals surface area contributed by atoms with Crippen molar-refractivity contribution < 1.29 is 8.42 Å². The molecule has 2 rings (SSSR count). The summed E-state index contributed by atoms with van der Waals surface area (Å²) in [5.41, 5.74) is 7.11. The average Bonchev–Trinajstić information content (AvgIpc) is 2.48. The van der Waals surface area contributed by atoms with Gasteiger partial charge in [-0.1, -0.05) is 37.3 Å². The van der Waals surface area contributed by atoms with Crippen LogP contribution >= 0.6 is 0 Å². The minimum Gasteiger partial charge on any atom is -0.324 e. The smallest absolute Gasteiger partial charge is 0.279 e. The monoisotopic (exact) mass is 311 g/mol. The Kier molecular flexibility index (Phi) is 5.75. The molecule has 0 aromatic heterocycles. The van der Waals surface area contributed by atoms with E-state index in [1.807, 2.05) is 30.3 Å². The van der Waals surface area contributed by atoms with Crippen LogP contribution in [-0.2, 0) is 10.2 Å². The summed E-state index contributed by atoms with van der Waals surface area (Å²) in [5.74, 6) is 0.432. The van der Waals surface area contributed by atoms with Gasteiger partial charge in [0.2, 0.25) is 0 Å². The third kappa shape index (κ3) is 4.78. The highest BCUT2D eigenvalue weighted by Crippen LogP contribution is 2.18. The van der Waals surface area contributed by atoms with Crippen molar-refractivity contribution in [2.75, 3.05) is 19.6 Å². The second-order valence-electron chi connectivity index (χ2n) is 5.81. The van der Waals surface area contributed by atoms with Gasteiger partial charge in [-0.2, -0.15) is 12.7 Å². The van der Waals surface area contributed by atoms with Crippen molar-refractivity contribution in [1.29, 1.82) is 0 Å². The lowest BCUT2D eigenvalue weighted by atomic mass is 10.0. The molecule has 0 saturated carbocycles. The van der Waals surface area contributed by atoms with Gasteiger partial charge in [-0.15, -0.1) is 0 Å². The van der Waals surface area contributed by atoms with E-state index in [1.54, 1.807) is 4.31 Å². The van der Waals surface area contributed by atoms with E-state index in [9.17, 15) is 8.42 Å². The molecule has 1 aromatic carbocycles. The molecule has 1 fully saturated rings. The van der Waals surface area contributed by atoms with E-state index < -0.39 is 10.2 Å². The third-order valence-electron chi connectivity index (χ3n) is 3.93. The van der Waals surface area contributed by atoms with Crippen LogP contribution in [0.25, 0.3) is 0 Å². The van der Waals surface area contributed by atoms with Gasteiger partial charge in [0.1, 0.15) is 0 Å². The number of rotatable bonds is 6. The fourth-order valence-electron chi connectivity index (χ4n) is 2.67. The molecule has 0 spiro atoms. The largest absolute Gasteiger partial charge is 0.324 e. The molecule has 0 radical (unpaired) electrons. The van der Waals surface area contributed by atoms with E-state index in [-0.39, 0.29) is 6.04 Å². The van der Waals surface area contributed by atoms with Crippen molar-refractivity contribution in [2.24, 2.45) is 11.7 Å².